The van der Waals surface area contributed by atoms with Crippen LogP contribution in [0.25, 0.3) is 94.1 Å². The summed E-state index contributed by atoms with van der Waals surface area (Å²) < 4.78 is 2.43. The molecule has 2 heterocycles. The van der Waals surface area contributed by atoms with Crippen LogP contribution in [0.2, 0.25) is 0 Å². The Morgan fingerprint density at radius 1 is 0.333 bits per heavy atom. The molecule has 51 heavy (non-hydrogen) atoms. The highest BCUT2D eigenvalue weighted by Crippen LogP contribution is 2.41. The second-order valence-corrected chi connectivity index (χ2v) is 13.0. The van der Waals surface area contributed by atoms with Crippen molar-refractivity contribution in [1.29, 1.82) is 0 Å². The molecular weight excluding hydrogens is 619 g/mol. The lowest BCUT2D eigenvalue weighted by Crippen LogP contribution is -1.96. The van der Waals surface area contributed by atoms with Gasteiger partial charge in [0.25, 0.3) is 0 Å². The van der Waals surface area contributed by atoms with Crippen LogP contribution in [0.15, 0.2) is 188 Å². The number of nitrogens with zero attached hydrogens (tertiary/aromatic N) is 3. The van der Waals surface area contributed by atoms with Crippen LogP contribution in [-0.2, 0) is 0 Å². The van der Waals surface area contributed by atoms with E-state index >= 15 is 0 Å². The Labute approximate surface area is 295 Å². The van der Waals surface area contributed by atoms with E-state index < -0.39 is 0 Å². The first-order valence-electron chi connectivity index (χ1n) is 17.3. The van der Waals surface area contributed by atoms with Crippen LogP contribution in [0, 0.1) is 0 Å². The van der Waals surface area contributed by atoms with Crippen LogP contribution in [0.4, 0.5) is 0 Å². The number of fused-ring (bicyclic) bond motifs is 7. The van der Waals surface area contributed by atoms with Crippen molar-refractivity contribution in [3.63, 3.8) is 0 Å². The first-order valence-corrected chi connectivity index (χ1v) is 17.3. The smallest absolute Gasteiger partial charge is 0.160 e. The molecule has 0 fully saturated rings. The molecule has 8 aromatic carbocycles. The zero-order valence-electron chi connectivity index (χ0n) is 27.7. The fraction of sp³-hybridized carbons (Fsp3) is 0. The molecule has 0 aliphatic rings. The van der Waals surface area contributed by atoms with Gasteiger partial charge in [0.2, 0.25) is 0 Å². The van der Waals surface area contributed by atoms with Crippen molar-refractivity contribution in [2.24, 2.45) is 0 Å². The van der Waals surface area contributed by atoms with Gasteiger partial charge in [0.15, 0.2) is 5.82 Å². The van der Waals surface area contributed by atoms with Gasteiger partial charge in [-0.15, -0.1) is 0 Å². The van der Waals surface area contributed by atoms with E-state index in [1.807, 2.05) is 12.1 Å². The van der Waals surface area contributed by atoms with Crippen molar-refractivity contribution in [3.8, 4) is 50.7 Å². The maximum Gasteiger partial charge on any atom is 0.160 e. The molecule has 3 heteroatoms. The zero-order valence-corrected chi connectivity index (χ0v) is 27.7. The van der Waals surface area contributed by atoms with Crippen LogP contribution in [-0.4, -0.2) is 14.5 Å². The predicted octanol–water partition coefficient (Wildman–Crippen LogP) is 12.5. The minimum Gasteiger partial charge on any atom is -0.309 e. The van der Waals surface area contributed by atoms with Gasteiger partial charge in [-0.25, -0.2) is 9.97 Å². The highest BCUT2D eigenvalue weighted by atomic mass is 15.0. The van der Waals surface area contributed by atoms with Crippen LogP contribution >= 0.6 is 0 Å². The zero-order chi connectivity index (χ0) is 33.7. The van der Waals surface area contributed by atoms with Gasteiger partial charge in [-0.05, 0) is 69.1 Å². The summed E-state index contributed by atoms with van der Waals surface area (Å²) in [4.78, 5) is 10.2. The monoisotopic (exact) mass is 649 g/mol. The first kappa shape index (κ1) is 29.1. The molecule has 3 nitrogen and oxygen atoms in total. The summed E-state index contributed by atoms with van der Waals surface area (Å²) in [6.07, 6.45) is 0. The topological polar surface area (TPSA) is 30.7 Å². The van der Waals surface area contributed by atoms with E-state index in [9.17, 15) is 0 Å². The minimum absolute atomic E-state index is 0.703. The second-order valence-electron chi connectivity index (χ2n) is 13.0. The van der Waals surface area contributed by atoms with Crippen molar-refractivity contribution in [3.05, 3.63) is 188 Å². The lowest BCUT2D eigenvalue weighted by Gasteiger charge is -2.12. The molecule has 0 atom stereocenters. The van der Waals surface area contributed by atoms with E-state index in [0.717, 1.165) is 44.9 Å². The molecule has 10 aromatic rings. The first-order chi connectivity index (χ1) is 25.3. The summed E-state index contributed by atoms with van der Waals surface area (Å²) in [5.41, 5.74) is 10.7. The Kier molecular flexibility index (Phi) is 6.81. The van der Waals surface area contributed by atoms with Gasteiger partial charge < -0.3 is 4.57 Å². The van der Waals surface area contributed by atoms with E-state index in [-0.39, 0.29) is 0 Å². The lowest BCUT2D eigenvalue weighted by molar-refractivity contribution is 1.18. The van der Waals surface area contributed by atoms with Crippen molar-refractivity contribution in [1.82, 2.24) is 14.5 Å². The third-order valence-electron chi connectivity index (χ3n) is 9.97. The second kappa shape index (κ2) is 11.9. The maximum absolute atomic E-state index is 5.10. The molecular formula is C48H31N3. The van der Waals surface area contributed by atoms with Gasteiger partial charge in [0.1, 0.15) is 0 Å². The number of rotatable bonds is 5. The molecule has 0 spiro atoms. The highest BCUT2D eigenvalue weighted by molar-refractivity contribution is 6.28. The summed E-state index contributed by atoms with van der Waals surface area (Å²) in [5.74, 6) is 0.703. The van der Waals surface area contributed by atoms with E-state index in [0.29, 0.717) is 5.82 Å². The van der Waals surface area contributed by atoms with Crippen LogP contribution in [0.3, 0.4) is 0 Å². The average molecular weight is 650 g/mol. The SMILES string of the molecule is c1ccc(-c2cc(-c3ccccc3)nc(-c3cccc(-c4cccc(-n5c6ccc7ccccc7c6c6c7ccccc7ccc65)c4)c3)n2)cc1. The number of benzene rings is 8. The summed E-state index contributed by atoms with van der Waals surface area (Å²) >= 11 is 0. The molecule has 0 bridgehead atoms. The molecule has 2 aromatic heterocycles. The molecule has 0 saturated heterocycles. The molecule has 0 aliphatic carbocycles. The van der Waals surface area contributed by atoms with E-state index in [1.54, 1.807) is 0 Å². The average Bonchev–Trinajstić information content (AvgIpc) is 3.57. The number of hydrogen-bond donors (Lipinski definition) is 0. The largest absolute Gasteiger partial charge is 0.309 e. The van der Waals surface area contributed by atoms with Crippen LogP contribution in [0.5, 0.6) is 0 Å². The number of aromatic nitrogens is 3. The molecule has 0 radical (unpaired) electrons. The Morgan fingerprint density at radius 2 is 0.804 bits per heavy atom. The van der Waals surface area contributed by atoms with Gasteiger partial charge in [-0.1, -0.05) is 152 Å². The summed E-state index contributed by atoms with van der Waals surface area (Å²) in [7, 11) is 0. The summed E-state index contributed by atoms with van der Waals surface area (Å²) in [6.45, 7) is 0. The van der Waals surface area contributed by atoms with Gasteiger partial charge in [-0.2, -0.15) is 0 Å². The highest BCUT2D eigenvalue weighted by Gasteiger charge is 2.18. The quantitative estimate of drug-likeness (QED) is 0.186. The van der Waals surface area contributed by atoms with E-state index in [1.165, 1.54) is 43.4 Å². The van der Waals surface area contributed by atoms with Gasteiger partial charge in [-0.3, -0.25) is 0 Å². The third-order valence-corrected chi connectivity index (χ3v) is 9.97. The Hall–Kier alpha value is -6.84. The van der Waals surface area contributed by atoms with Gasteiger partial charge in [0, 0.05) is 33.2 Å². The Morgan fingerprint density at radius 3 is 1.39 bits per heavy atom. The number of hydrogen-bond acceptors (Lipinski definition) is 2. The predicted molar refractivity (Wildman–Crippen MR) is 213 cm³/mol. The van der Waals surface area contributed by atoms with Gasteiger partial charge in [0.05, 0.1) is 22.4 Å². The van der Waals surface area contributed by atoms with Crippen LogP contribution in [0.1, 0.15) is 0 Å². The standard InChI is InChI=1S/C48H31N3/c1-3-15-34(16-4-1)42-31-43(35-17-5-2-6-18-35)50-48(49-42)38-21-11-19-36(29-38)37-20-12-22-39(30-37)51-44-27-25-32-13-7-9-23-40(32)46(44)47-41-24-10-8-14-33(41)26-28-45(47)51/h1-31H. The van der Waals surface area contributed by atoms with Crippen molar-refractivity contribution in [2.75, 3.05) is 0 Å². The van der Waals surface area contributed by atoms with Crippen molar-refractivity contribution >= 4 is 43.4 Å². The van der Waals surface area contributed by atoms with Crippen LogP contribution < -0.4 is 0 Å². The fourth-order valence-electron chi connectivity index (χ4n) is 7.58. The van der Waals surface area contributed by atoms with Crippen molar-refractivity contribution < 1.29 is 0 Å². The van der Waals surface area contributed by atoms with E-state index in [4.69, 9.17) is 9.97 Å². The fourth-order valence-corrected chi connectivity index (χ4v) is 7.58. The Balaban J connectivity index is 1.14. The summed E-state index contributed by atoms with van der Waals surface area (Å²) in [5, 5.41) is 7.61. The van der Waals surface area contributed by atoms with E-state index in [2.05, 4.69) is 180 Å². The van der Waals surface area contributed by atoms with Gasteiger partial charge >= 0.3 is 0 Å². The molecule has 0 saturated carbocycles. The molecule has 238 valence electrons. The molecule has 0 amide bonds. The Bertz CT molecular complexity index is 2760. The molecule has 10 rings (SSSR count). The molecule has 0 N–H and O–H groups in total. The normalized spacial score (nSPS) is 11.5. The third kappa shape index (κ3) is 4.98. The maximum atomic E-state index is 5.10. The minimum atomic E-state index is 0.703. The summed E-state index contributed by atoms with van der Waals surface area (Å²) in [6, 6.07) is 66.7. The van der Waals surface area contributed by atoms with Crippen molar-refractivity contribution in [2.45, 2.75) is 0 Å². The lowest BCUT2D eigenvalue weighted by atomic mass is 10.00. The molecule has 0 unspecified atom stereocenters. The molecule has 0 aliphatic heterocycles.